The fourth-order valence-electron chi connectivity index (χ4n) is 8.73. The lowest BCUT2D eigenvalue weighted by Crippen LogP contribution is -2.60. The van der Waals surface area contributed by atoms with Gasteiger partial charge in [0.1, 0.15) is 0 Å². The third kappa shape index (κ3) is 4.34. The van der Waals surface area contributed by atoms with E-state index in [1.807, 2.05) is 13.8 Å². The molecule has 0 amide bonds. The maximum absolute atomic E-state index is 13.4. The van der Waals surface area contributed by atoms with Crippen molar-refractivity contribution >= 4 is 0 Å². The first-order valence-corrected chi connectivity index (χ1v) is 13.8. The molecule has 0 heterocycles. The van der Waals surface area contributed by atoms with Crippen LogP contribution in [0.3, 0.4) is 0 Å². The summed E-state index contributed by atoms with van der Waals surface area (Å²) in [6.45, 7) is 11.6. The maximum atomic E-state index is 13.4. The smallest absolute Gasteiger partial charge is 0.373 e. The average Bonchev–Trinajstić information content (AvgIpc) is 3.14. The second kappa shape index (κ2) is 8.89. The molecule has 7 atom stereocenters. The van der Waals surface area contributed by atoms with Crippen molar-refractivity contribution in [2.75, 3.05) is 0 Å². The van der Waals surface area contributed by atoms with Crippen LogP contribution in [0.1, 0.15) is 86.5 Å². The predicted octanol–water partition coefficient (Wildman–Crippen LogP) is 9.20. The Hall–Kier alpha value is -1.24. The minimum Gasteiger partial charge on any atom is -0.373 e. The molecule has 0 bridgehead atoms. The molecule has 1 nitrogen and oxygen atoms in total. The van der Waals surface area contributed by atoms with Gasteiger partial charge in [0.15, 0.2) is 0 Å². The summed E-state index contributed by atoms with van der Waals surface area (Å²) in [5.41, 5.74) is -2.21. The molecule has 0 spiro atoms. The average molecular weight is 533 g/mol. The molecular formula is C30H42F6O. The molecule has 6 unspecified atom stereocenters. The number of hydrogen-bond donors (Lipinski definition) is 1. The van der Waals surface area contributed by atoms with Crippen molar-refractivity contribution in [2.45, 2.75) is 104 Å². The second-order valence-electron chi connectivity index (χ2n) is 13.6. The van der Waals surface area contributed by atoms with Crippen molar-refractivity contribution in [3.05, 3.63) is 35.5 Å². The van der Waals surface area contributed by atoms with Gasteiger partial charge in [0.25, 0.3) is 5.60 Å². The van der Waals surface area contributed by atoms with Gasteiger partial charge in [-0.25, -0.2) is 0 Å². The van der Waals surface area contributed by atoms with E-state index in [2.05, 4.69) is 32.9 Å². The van der Waals surface area contributed by atoms with Gasteiger partial charge in [0.05, 0.1) is 0 Å². The van der Waals surface area contributed by atoms with Crippen LogP contribution in [0.5, 0.6) is 0 Å². The largest absolute Gasteiger partial charge is 0.426 e. The van der Waals surface area contributed by atoms with Crippen LogP contribution in [0, 0.1) is 45.8 Å². The molecule has 0 aromatic carbocycles. The highest BCUT2D eigenvalue weighted by atomic mass is 19.4. The van der Waals surface area contributed by atoms with Crippen LogP contribution in [-0.4, -0.2) is 23.1 Å². The number of aliphatic hydroxyl groups is 1. The fraction of sp³-hybridized carbons (Fsp3) is 0.800. The van der Waals surface area contributed by atoms with Gasteiger partial charge in [-0.1, -0.05) is 77.0 Å². The molecular weight excluding hydrogens is 490 g/mol. The van der Waals surface area contributed by atoms with E-state index in [-0.39, 0.29) is 16.7 Å². The highest BCUT2D eigenvalue weighted by molar-refractivity contribution is 5.39. The zero-order chi connectivity index (χ0) is 27.8. The summed E-state index contributed by atoms with van der Waals surface area (Å²) in [5, 5.41) is 9.80. The van der Waals surface area contributed by atoms with Gasteiger partial charge in [0, 0.05) is 5.92 Å². The number of rotatable bonds is 4. The van der Waals surface area contributed by atoms with Crippen LogP contribution in [0.2, 0.25) is 0 Å². The Labute approximate surface area is 217 Å². The van der Waals surface area contributed by atoms with Gasteiger partial charge in [0.2, 0.25) is 0 Å². The van der Waals surface area contributed by atoms with Crippen molar-refractivity contribution in [3.63, 3.8) is 0 Å². The summed E-state index contributed by atoms with van der Waals surface area (Å²) < 4.78 is 80.2. The van der Waals surface area contributed by atoms with Gasteiger partial charge in [-0.05, 0) is 84.9 Å². The number of hydrogen-bond acceptors (Lipinski definition) is 1. The van der Waals surface area contributed by atoms with E-state index in [0.717, 1.165) is 45.1 Å². The fourth-order valence-corrected chi connectivity index (χ4v) is 8.73. The minimum absolute atomic E-state index is 0.0760. The summed E-state index contributed by atoms with van der Waals surface area (Å²) in [7, 11) is 0. The Bertz CT molecular complexity index is 971. The molecule has 3 saturated carbocycles. The lowest BCUT2D eigenvalue weighted by molar-refractivity contribution is -0.378. The Morgan fingerprint density at radius 1 is 0.919 bits per heavy atom. The van der Waals surface area contributed by atoms with Gasteiger partial charge in [-0.2, -0.15) is 26.3 Å². The molecule has 1 N–H and O–H groups in total. The van der Waals surface area contributed by atoms with Crippen LogP contribution in [0.25, 0.3) is 0 Å². The van der Waals surface area contributed by atoms with Crippen LogP contribution >= 0.6 is 0 Å². The van der Waals surface area contributed by atoms with Crippen LogP contribution in [-0.2, 0) is 0 Å². The normalized spacial score (nSPS) is 38.0. The zero-order valence-electron chi connectivity index (χ0n) is 22.9. The van der Waals surface area contributed by atoms with E-state index in [4.69, 9.17) is 0 Å². The number of fused-ring (bicyclic) bond motifs is 5. The molecule has 4 aliphatic rings. The van der Waals surface area contributed by atoms with E-state index in [1.165, 1.54) is 24.5 Å². The summed E-state index contributed by atoms with van der Waals surface area (Å²) in [6.07, 6.45) is 3.01. The topological polar surface area (TPSA) is 20.2 Å². The molecule has 0 saturated heterocycles. The number of halogens is 6. The second-order valence-corrected chi connectivity index (χ2v) is 13.6. The highest BCUT2D eigenvalue weighted by Gasteiger charge is 2.72. The van der Waals surface area contributed by atoms with Crippen molar-refractivity contribution in [3.8, 4) is 0 Å². The molecule has 0 aromatic heterocycles. The predicted molar refractivity (Wildman–Crippen MR) is 133 cm³/mol. The quantitative estimate of drug-likeness (QED) is 0.283. The van der Waals surface area contributed by atoms with Crippen LogP contribution in [0.15, 0.2) is 35.5 Å². The Balaban J connectivity index is 1.60. The summed E-state index contributed by atoms with van der Waals surface area (Å²) in [6, 6.07) is 0. The van der Waals surface area contributed by atoms with Gasteiger partial charge in [-0.3, -0.25) is 0 Å². The molecule has 0 aliphatic heterocycles. The van der Waals surface area contributed by atoms with E-state index >= 15 is 0 Å². The molecule has 210 valence electrons. The van der Waals surface area contributed by atoms with E-state index < -0.39 is 29.3 Å². The van der Waals surface area contributed by atoms with Gasteiger partial charge >= 0.3 is 12.4 Å². The zero-order valence-corrected chi connectivity index (χ0v) is 22.9. The molecule has 7 heteroatoms. The summed E-state index contributed by atoms with van der Waals surface area (Å²) >= 11 is 0. The Morgan fingerprint density at radius 2 is 1.54 bits per heavy atom. The van der Waals surface area contributed by atoms with Gasteiger partial charge in [-0.15, -0.1) is 0 Å². The molecule has 4 aliphatic carbocycles. The maximum Gasteiger partial charge on any atom is 0.426 e. The van der Waals surface area contributed by atoms with E-state index in [1.54, 1.807) is 5.57 Å². The first kappa shape index (κ1) is 28.8. The van der Waals surface area contributed by atoms with Crippen molar-refractivity contribution in [1.82, 2.24) is 0 Å². The Morgan fingerprint density at radius 3 is 2.14 bits per heavy atom. The lowest BCUT2D eigenvalue weighted by atomic mass is 9.49. The van der Waals surface area contributed by atoms with Crippen molar-refractivity contribution in [2.24, 2.45) is 45.8 Å². The highest BCUT2D eigenvalue weighted by Crippen LogP contribution is 2.67. The monoisotopic (exact) mass is 532 g/mol. The standard InChI is InChI=1S/C30H42F6O/c1-18-11-15-26(5)20(17-18)7-8-21-22-9-10-24(27(22,6)16-13-23(21)26)25(3,4)14-12-19(2)28(37,29(31,32)33)30(34,35)36/h7-8,12,14,18-19,22-24,37H,9-11,13,15-17H2,1-6H3/b14-12+/t18-,19?,22?,23?,24?,26?,27?/m0/s1. The van der Waals surface area contributed by atoms with Crippen molar-refractivity contribution in [1.29, 1.82) is 0 Å². The van der Waals surface area contributed by atoms with E-state index in [9.17, 15) is 31.4 Å². The summed E-state index contributed by atoms with van der Waals surface area (Å²) in [5.74, 6) is -0.446. The first-order chi connectivity index (χ1) is 16.8. The molecule has 0 aromatic rings. The molecule has 37 heavy (non-hydrogen) atoms. The molecule has 3 fully saturated rings. The minimum atomic E-state index is -5.82. The third-order valence-corrected chi connectivity index (χ3v) is 11.1. The number of alkyl halides is 6. The van der Waals surface area contributed by atoms with E-state index in [0.29, 0.717) is 17.8 Å². The van der Waals surface area contributed by atoms with Gasteiger partial charge < -0.3 is 5.11 Å². The van der Waals surface area contributed by atoms with Crippen LogP contribution < -0.4 is 0 Å². The lowest BCUT2D eigenvalue weighted by Gasteiger charge is -2.56. The molecule has 4 rings (SSSR count). The SMILES string of the molecule is CC(/C=C/C(C)(C)C1CCC2C3=CC=C4C[C@@H](C)CCC4(C)C3CCC21C)C(O)(C(F)(F)F)C(F)(F)F. The van der Waals surface area contributed by atoms with Crippen LogP contribution in [0.4, 0.5) is 26.3 Å². The van der Waals surface area contributed by atoms with Crippen molar-refractivity contribution < 1.29 is 31.4 Å². The third-order valence-electron chi connectivity index (χ3n) is 11.1. The first-order valence-electron chi connectivity index (χ1n) is 13.8. The Kier molecular flexibility index (Phi) is 6.91. The number of allylic oxidation sites excluding steroid dienone is 5. The molecule has 0 radical (unpaired) electrons. The summed E-state index contributed by atoms with van der Waals surface area (Å²) in [4.78, 5) is 0.